The van der Waals surface area contributed by atoms with Gasteiger partial charge in [0.2, 0.25) is 0 Å². The molecule has 0 aromatic heterocycles. The van der Waals surface area contributed by atoms with Crippen LogP contribution in [0.25, 0.3) is 0 Å². The van der Waals surface area contributed by atoms with Gasteiger partial charge in [-0.05, 0) is 51.0 Å². The van der Waals surface area contributed by atoms with Crippen molar-refractivity contribution in [1.82, 2.24) is 0 Å². The third-order valence-corrected chi connectivity index (χ3v) is 2.59. The third-order valence-electron chi connectivity index (χ3n) is 2.59. The summed E-state index contributed by atoms with van der Waals surface area (Å²) in [6.07, 6.45) is 17.1. The Bertz CT molecular complexity index is 282. The summed E-state index contributed by atoms with van der Waals surface area (Å²) in [5.74, 6) is 0.226. The molecule has 0 N–H and O–H groups in total. The summed E-state index contributed by atoms with van der Waals surface area (Å²) in [4.78, 5) is 11.3. The number of ketones is 1. The summed E-state index contributed by atoms with van der Waals surface area (Å²) < 4.78 is 0. The lowest BCUT2D eigenvalue weighted by atomic mass is 10.0. The lowest BCUT2D eigenvalue weighted by Crippen LogP contribution is -1.96. The predicted molar refractivity (Wildman–Crippen MR) is 64.7 cm³/mol. The normalized spacial score (nSPS) is 26.6. The van der Waals surface area contributed by atoms with Gasteiger partial charge in [0, 0.05) is 0 Å². The van der Waals surface area contributed by atoms with E-state index in [1.807, 2.05) is 0 Å². The Morgan fingerprint density at radius 3 is 2.07 bits per heavy atom. The quantitative estimate of drug-likeness (QED) is 0.591. The molecule has 82 valence electrons. The van der Waals surface area contributed by atoms with E-state index in [-0.39, 0.29) is 5.78 Å². The molecular formula is C14H20O. The van der Waals surface area contributed by atoms with Gasteiger partial charge in [0.15, 0.2) is 5.78 Å². The highest BCUT2D eigenvalue weighted by atomic mass is 16.1. The Balaban J connectivity index is 2.59. The zero-order chi connectivity index (χ0) is 10.9. The van der Waals surface area contributed by atoms with Crippen molar-refractivity contribution in [2.24, 2.45) is 0 Å². The van der Waals surface area contributed by atoms with Crippen molar-refractivity contribution in [3.05, 3.63) is 36.0 Å². The number of hydrogen-bond acceptors (Lipinski definition) is 1. The van der Waals surface area contributed by atoms with E-state index >= 15 is 0 Å². The van der Waals surface area contributed by atoms with Crippen LogP contribution in [0.2, 0.25) is 0 Å². The molecule has 0 aromatic carbocycles. The smallest absolute Gasteiger partial charge is 0.155 e. The largest absolute Gasteiger partial charge is 0.295 e. The zero-order valence-corrected chi connectivity index (χ0v) is 9.54. The van der Waals surface area contributed by atoms with E-state index in [4.69, 9.17) is 0 Å². The van der Waals surface area contributed by atoms with Crippen molar-refractivity contribution >= 4 is 5.78 Å². The fourth-order valence-electron chi connectivity index (χ4n) is 1.68. The number of carbonyl (C=O) groups excluding carboxylic acids is 1. The predicted octanol–water partition coefficient (Wildman–Crippen LogP) is 3.97. The summed E-state index contributed by atoms with van der Waals surface area (Å²) in [6.45, 7) is 1.66. The van der Waals surface area contributed by atoms with Crippen molar-refractivity contribution in [3.63, 3.8) is 0 Å². The van der Waals surface area contributed by atoms with Crippen molar-refractivity contribution in [3.8, 4) is 0 Å². The molecule has 0 bridgehead atoms. The van der Waals surface area contributed by atoms with Crippen molar-refractivity contribution in [1.29, 1.82) is 0 Å². The van der Waals surface area contributed by atoms with Crippen LogP contribution >= 0.6 is 0 Å². The van der Waals surface area contributed by atoms with Gasteiger partial charge in [-0.25, -0.2) is 0 Å². The van der Waals surface area contributed by atoms with Gasteiger partial charge in [-0.3, -0.25) is 4.79 Å². The van der Waals surface area contributed by atoms with E-state index in [0.717, 1.165) is 44.1 Å². The van der Waals surface area contributed by atoms with Gasteiger partial charge in [0.05, 0.1) is 0 Å². The fraction of sp³-hybridized carbons (Fsp3) is 0.500. The van der Waals surface area contributed by atoms with Crippen LogP contribution in [0.15, 0.2) is 36.0 Å². The molecule has 0 fully saturated rings. The number of hydrogen-bond donors (Lipinski definition) is 0. The Kier molecular flexibility index (Phi) is 5.76. The summed E-state index contributed by atoms with van der Waals surface area (Å²) in [5, 5.41) is 0. The second-order valence-electron chi connectivity index (χ2n) is 3.92. The van der Waals surface area contributed by atoms with Crippen LogP contribution in [0.1, 0.15) is 45.4 Å². The standard InChI is InChI=1S/C14H20O/c1-13(15)14-11-9-7-5-3-2-4-6-8-10-12-14/h3,5-6,8,11H,2,4,7,9-10,12H2,1H3/b5-3-,8-6+,14-11-. The van der Waals surface area contributed by atoms with Crippen molar-refractivity contribution < 1.29 is 4.79 Å². The van der Waals surface area contributed by atoms with E-state index in [1.54, 1.807) is 6.92 Å². The molecule has 0 aliphatic heterocycles. The molecule has 0 unspecified atom stereocenters. The van der Waals surface area contributed by atoms with Crippen LogP contribution in [0.5, 0.6) is 0 Å². The van der Waals surface area contributed by atoms with E-state index in [0.29, 0.717) is 0 Å². The number of allylic oxidation sites excluding steroid dienone is 6. The Morgan fingerprint density at radius 1 is 0.933 bits per heavy atom. The number of carbonyl (C=O) groups is 1. The minimum atomic E-state index is 0.226. The monoisotopic (exact) mass is 204 g/mol. The van der Waals surface area contributed by atoms with Gasteiger partial charge in [-0.15, -0.1) is 0 Å². The second-order valence-corrected chi connectivity index (χ2v) is 3.92. The summed E-state index contributed by atoms with van der Waals surface area (Å²) in [7, 11) is 0. The summed E-state index contributed by atoms with van der Waals surface area (Å²) in [6, 6.07) is 0. The average molecular weight is 204 g/mol. The van der Waals surface area contributed by atoms with Gasteiger partial charge in [0.1, 0.15) is 0 Å². The molecule has 0 saturated carbocycles. The molecule has 1 nitrogen and oxygen atoms in total. The molecule has 1 aliphatic carbocycles. The maximum Gasteiger partial charge on any atom is 0.155 e. The Hall–Kier alpha value is -1.11. The highest BCUT2D eigenvalue weighted by Gasteiger charge is 2.01. The molecule has 1 aliphatic rings. The summed E-state index contributed by atoms with van der Waals surface area (Å²) >= 11 is 0. The summed E-state index contributed by atoms with van der Waals surface area (Å²) in [5.41, 5.74) is 0.994. The van der Waals surface area contributed by atoms with Crippen LogP contribution in [0.3, 0.4) is 0 Å². The van der Waals surface area contributed by atoms with Crippen LogP contribution in [0.4, 0.5) is 0 Å². The topological polar surface area (TPSA) is 17.1 Å². The average Bonchev–Trinajstić information content (AvgIpc) is 2.18. The first-order valence-corrected chi connectivity index (χ1v) is 5.80. The lowest BCUT2D eigenvalue weighted by molar-refractivity contribution is -0.113. The molecule has 0 spiro atoms. The van der Waals surface area contributed by atoms with Crippen LogP contribution in [-0.2, 0) is 4.79 Å². The molecule has 0 atom stereocenters. The first kappa shape index (κ1) is 12.0. The van der Waals surface area contributed by atoms with Gasteiger partial charge in [0.25, 0.3) is 0 Å². The first-order chi connectivity index (χ1) is 7.30. The number of rotatable bonds is 1. The van der Waals surface area contributed by atoms with Crippen LogP contribution < -0.4 is 0 Å². The molecule has 1 heteroatoms. The second kappa shape index (κ2) is 7.22. The van der Waals surface area contributed by atoms with Crippen LogP contribution in [0, 0.1) is 0 Å². The van der Waals surface area contributed by atoms with E-state index < -0.39 is 0 Å². The van der Waals surface area contributed by atoms with Crippen LogP contribution in [-0.4, -0.2) is 5.78 Å². The molecule has 0 radical (unpaired) electrons. The maximum absolute atomic E-state index is 11.3. The molecular weight excluding hydrogens is 184 g/mol. The van der Waals surface area contributed by atoms with Gasteiger partial charge in [-0.2, -0.15) is 0 Å². The van der Waals surface area contributed by atoms with Gasteiger partial charge < -0.3 is 0 Å². The van der Waals surface area contributed by atoms with E-state index in [2.05, 4.69) is 30.4 Å². The van der Waals surface area contributed by atoms with E-state index in [1.165, 1.54) is 0 Å². The Morgan fingerprint density at radius 2 is 1.47 bits per heavy atom. The maximum atomic E-state index is 11.3. The first-order valence-electron chi connectivity index (χ1n) is 5.80. The molecule has 15 heavy (non-hydrogen) atoms. The van der Waals surface area contributed by atoms with Gasteiger partial charge >= 0.3 is 0 Å². The van der Waals surface area contributed by atoms with Gasteiger partial charge in [-0.1, -0.05) is 30.4 Å². The fourth-order valence-corrected chi connectivity index (χ4v) is 1.68. The zero-order valence-electron chi connectivity index (χ0n) is 9.54. The van der Waals surface area contributed by atoms with Crippen molar-refractivity contribution in [2.45, 2.75) is 45.4 Å². The highest BCUT2D eigenvalue weighted by molar-refractivity contribution is 5.93. The molecule has 0 amide bonds. The molecule has 1 rings (SSSR count). The molecule has 0 saturated heterocycles. The molecule has 0 heterocycles. The SMILES string of the molecule is CC(=O)/C1=C\CC/C=C\CC/C=C/CC1. The highest BCUT2D eigenvalue weighted by Crippen LogP contribution is 2.11. The minimum absolute atomic E-state index is 0.226. The minimum Gasteiger partial charge on any atom is -0.295 e. The number of Topliss-reactive ketones (excluding diaryl/α,β-unsaturated/α-hetero) is 1. The lowest BCUT2D eigenvalue weighted by Gasteiger charge is -2.01. The van der Waals surface area contributed by atoms with Crippen molar-refractivity contribution in [2.75, 3.05) is 0 Å². The van der Waals surface area contributed by atoms with E-state index in [9.17, 15) is 4.79 Å². The third kappa shape index (κ3) is 5.36. The Labute approximate surface area is 92.6 Å². The molecule has 0 aromatic rings.